The summed E-state index contributed by atoms with van der Waals surface area (Å²) in [6, 6.07) is 8.08. The first-order chi connectivity index (χ1) is 10.8. The molecule has 0 radical (unpaired) electrons. The van der Waals surface area contributed by atoms with Gasteiger partial charge in [0.25, 0.3) is 0 Å². The maximum Gasteiger partial charge on any atom is 0.417 e. The van der Waals surface area contributed by atoms with Gasteiger partial charge in [0.2, 0.25) is 0 Å². The second-order valence-corrected chi connectivity index (χ2v) is 5.04. The predicted molar refractivity (Wildman–Crippen MR) is 79.2 cm³/mol. The fraction of sp³-hybridized carbons (Fsp3) is 0.188. The lowest BCUT2D eigenvalue weighted by Gasteiger charge is -2.13. The first kappa shape index (κ1) is 17.1. The molecule has 3 nitrogen and oxygen atoms in total. The van der Waals surface area contributed by atoms with Crippen LogP contribution in [0.15, 0.2) is 36.4 Å². The highest BCUT2D eigenvalue weighted by Crippen LogP contribution is 2.35. The van der Waals surface area contributed by atoms with Gasteiger partial charge in [-0.2, -0.15) is 13.2 Å². The van der Waals surface area contributed by atoms with Crippen LogP contribution in [-0.2, 0) is 12.8 Å². The number of methoxy groups -OCH3 is 1. The Morgan fingerprint density at radius 2 is 1.87 bits per heavy atom. The summed E-state index contributed by atoms with van der Waals surface area (Å²) in [5, 5.41) is -0.367. The molecule has 122 valence electrons. The standard InChI is InChI=1S/C16H12ClF3O3/c1-22-15-7-10(8-21)3-5-14(15)23-9-11-2-4-13(17)12(6-11)16(18,19)20/h2-8H,9H2,1H3. The number of hydrogen-bond donors (Lipinski definition) is 0. The van der Waals surface area contributed by atoms with E-state index in [1.165, 1.54) is 37.4 Å². The molecule has 0 amide bonds. The minimum atomic E-state index is -4.53. The summed E-state index contributed by atoms with van der Waals surface area (Å²) in [6.07, 6.45) is -3.88. The van der Waals surface area contributed by atoms with E-state index in [4.69, 9.17) is 21.1 Å². The quantitative estimate of drug-likeness (QED) is 0.734. The molecule has 0 saturated heterocycles. The minimum Gasteiger partial charge on any atom is -0.493 e. The van der Waals surface area contributed by atoms with Crippen LogP contribution >= 0.6 is 11.6 Å². The lowest BCUT2D eigenvalue weighted by atomic mass is 10.1. The Hall–Kier alpha value is -2.21. The molecule has 2 rings (SSSR count). The molecule has 0 aromatic heterocycles. The van der Waals surface area contributed by atoms with Gasteiger partial charge in [0.15, 0.2) is 11.5 Å². The van der Waals surface area contributed by atoms with Gasteiger partial charge in [-0.1, -0.05) is 17.7 Å². The van der Waals surface area contributed by atoms with Gasteiger partial charge in [-0.25, -0.2) is 0 Å². The van der Waals surface area contributed by atoms with Gasteiger partial charge in [-0.15, -0.1) is 0 Å². The second-order valence-electron chi connectivity index (χ2n) is 4.63. The van der Waals surface area contributed by atoms with E-state index in [-0.39, 0.29) is 11.6 Å². The molecule has 7 heteroatoms. The van der Waals surface area contributed by atoms with Crippen LogP contribution in [0.2, 0.25) is 5.02 Å². The summed E-state index contributed by atoms with van der Waals surface area (Å²) in [6.45, 7) is -0.100. The number of alkyl halides is 3. The Kier molecular flexibility index (Phi) is 5.15. The lowest BCUT2D eigenvalue weighted by Crippen LogP contribution is -2.07. The van der Waals surface area contributed by atoms with E-state index < -0.39 is 11.7 Å². The van der Waals surface area contributed by atoms with E-state index in [2.05, 4.69) is 0 Å². The van der Waals surface area contributed by atoms with Crippen LogP contribution in [-0.4, -0.2) is 13.4 Å². The molecule has 2 aromatic carbocycles. The molecule has 0 aliphatic heterocycles. The van der Waals surface area contributed by atoms with Gasteiger partial charge >= 0.3 is 6.18 Å². The van der Waals surface area contributed by atoms with Crippen molar-refractivity contribution in [2.75, 3.05) is 7.11 Å². The fourth-order valence-corrected chi connectivity index (χ4v) is 2.14. The Bertz CT molecular complexity index is 714. The normalized spacial score (nSPS) is 11.2. The van der Waals surface area contributed by atoms with Crippen molar-refractivity contribution in [3.8, 4) is 11.5 Å². The molecule has 2 aromatic rings. The number of aldehydes is 1. The van der Waals surface area contributed by atoms with Crippen molar-refractivity contribution in [2.24, 2.45) is 0 Å². The largest absolute Gasteiger partial charge is 0.493 e. The number of halogens is 4. The third-order valence-corrected chi connectivity index (χ3v) is 3.38. The lowest BCUT2D eigenvalue weighted by molar-refractivity contribution is -0.137. The number of rotatable bonds is 5. The monoisotopic (exact) mass is 344 g/mol. The molecule has 0 fully saturated rings. The average molecular weight is 345 g/mol. The maximum atomic E-state index is 12.8. The zero-order valence-corrected chi connectivity index (χ0v) is 12.7. The van der Waals surface area contributed by atoms with Crippen molar-refractivity contribution in [1.29, 1.82) is 0 Å². The second kappa shape index (κ2) is 6.91. The fourth-order valence-electron chi connectivity index (χ4n) is 1.92. The van der Waals surface area contributed by atoms with Crippen molar-refractivity contribution in [1.82, 2.24) is 0 Å². The minimum absolute atomic E-state index is 0.100. The zero-order valence-electron chi connectivity index (χ0n) is 12.0. The van der Waals surface area contributed by atoms with Gasteiger partial charge in [0, 0.05) is 5.56 Å². The summed E-state index contributed by atoms with van der Waals surface area (Å²) in [4.78, 5) is 10.7. The summed E-state index contributed by atoms with van der Waals surface area (Å²) in [7, 11) is 1.40. The summed E-state index contributed by atoms with van der Waals surface area (Å²) >= 11 is 5.57. The van der Waals surface area contributed by atoms with Gasteiger partial charge in [-0.05, 0) is 35.9 Å². The van der Waals surface area contributed by atoms with Crippen molar-refractivity contribution < 1.29 is 27.4 Å². The number of carbonyl (C=O) groups is 1. The van der Waals surface area contributed by atoms with Crippen molar-refractivity contribution in [2.45, 2.75) is 12.8 Å². The van der Waals surface area contributed by atoms with E-state index in [9.17, 15) is 18.0 Å². The first-order valence-corrected chi connectivity index (χ1v) is 6.84. The van der Waals surface area contributed by atoms with Crippen LogP contribution in [0.4, 0.5) is 13.2 Å². The molecule has 0 aliphatic carbocycles. The number of ether oxygens (including phenoxy) is 2. The number of benzene rings is 2. The van der Waals surface area contributed by atoms with E-state index in [0.29, 0.717) is 28.9 Å². The highest BCUT2D eigenvalue weighted by molar-refractivity contribution is 6.31. The van der Waals surface area contributed by atoms with Gasteiger partial charge < -0.3 is 9.47 Å². The van der Waals surface area contributed by atoms with Crippen molar-refractivity contribution in [3.63, 3.8) is 0 Å². The van der Waals surface area contributed by atoms with Crippen LogP contribution in [0, 0.1) is 0 Å². The van der Waals surface area contributed by atoms with Gasteiger partial charge in [0.1, 0.15) is 12.9 Å². The molecular weight excluding hydrogens is 333 g/mol. The van der Waals surface area contributed by atoms with Gasteiger partial charge in [-0.3, -0.25) is 4.79 Å². The third kappa shape index (κ3) is 4.16. The molecule has 0 N–H and O–H groups in total. The topological polar surface area (TPSA) is 35.5 Å². The summed E-state index contributed by atoms with van der Waals surface area (Å²) in [5.41, 5.74) is -0.202. The van der Waals surface area contributed by atoms with Crippen LogP contribution < -0.4 is 9.47 Å². The number of carbonyl (C=O) groups excluding carboxylic acids is 1. The molecule has 0 heterocycles. The Balaban J connectivity index is 2.20. The average Bonchev–Trinajstić information content (AvgIpc) is 2.52. The highest BCUT2D eigenvalue weighted by atomic mass is 35.5. The van der Waals surface area contributed by atoms with Crippen LogP contribution in [0.25, 0.3) is 0 Å². The Morgan fingerprint density at radius 3 is 2.48 bits per heavy atom. The molecule has 23 heavy (non-hydrogen) atoms. The molecule has 0 saturated carbocycles. The molecule has 0 unspecified atom stereocenters. The van der Waals surface area contributed by atoms with Crippen molar-refractivity contribution in [3.05, 3.63) is 58.1 Å². The van der Waals surface area contributed by atoms with E-state index in [1.807, 2.05) is 0 Å². The molecule has 0 atom stereocenters. The van der Waals surface area contributed by atoms with Crippen LogP contribution in [0.1, 0.15) is 21.5 Å². The Labute approximate surface area is 135 Å². The van der Waals surface area contributed by atoms with Crippen molar-refractivity contribution >= 4 is 17.9 Å². The summed E-state index contributed by atoms with van der Waals surface area (Å²) < 4.78 is 49.0. The molecule has 0 bridgehead atoms. The smallest absolute Gasteiger partial charge is 0.417 e. The molecule has 0 aliphatic rings. The SMILES string of the molecule is COc1cc(C=O)ccc1OCc1ccc(Cl)c(C(F)(F)F)c1. The first-order valence-electron chi connectivity index (χ1n) is 6.47. The summed E-state index contributed by atoms with van der Waals surface area (Å²) in [5.74, 6) is 0.640. The molecule has 0 spiro atoms. The third-order valence-electron chi connectivity index (χ3n) is 3.05. The predicted octanol–water partition coefficient (Wildman–Crippen LogP) is 4.76. The molecular formula is C16H12ClF3O3. The van der Waals surface area contributed by atoms with E-state index >= 15 is 0 Å². The maximum absolute atomic E-state index is 12.8. The van der Waals surface area contributed by atoms with Crippen LogP contribution in [0.3, 0.4) is 0 Å². The van der Waals surface area contributed by atoms with E-state index in [1.54, 1.807) is 0 Å². The van der Waals surface area contributed by atoms with Crippen LogP contribution in [0.5, 0.6) is 11.5 Å². The van der Waals surface area contributed by atoms with Gasteiger partial charge in [0.05, 0.1) is 17.7 Å². The zero-order chi connectivity index (χ0) is 17.0. The highest BCUT2D eigenvalue weighted by Gasteiger charge is 2.33. The Morgan fingerprint density at radius 1 is 1.13 bits per heavy atom. The number of hydrogen-bond acceptors (Lipinski definition) is 3. The van der Waals surface area contributed by atoms with E-state index in [0.717, 1.165) is 6.07 Å².